The van der Waals surface area contributed by atoms with Crippen LogP contribution in [0.1, 0.15) is 0 Å². The zero-order valence-corrected chi connectivity index (χ0v) is 7.47. The van der Waals surface area contributed by atoms with Crippen molar-refractivity contribution in [3.63, 3.8) is 0 Å². The molecule has 68 valence electrons. The summed E-state index contributed by atoms with van der Waals surface area (Å²) in [6.45, 7) is 0.303. The number of nitrogens with one attached hydrogen (secondary N) is 1. The van der Waals surface area contributed by atoms with Gasteiger partial charge in [0.2, 0.25) is 5.95 Å². The fourth-order valence-electron chi connectivity index (χ4n) is 0.728. The fourth-order valence-corrected chi connectivity index (χ4v) is 0.904. The molecule has 0 radical (unpaired) electrons. The minimum atomic E-state index is 0.0544. The highest BCUT2D eigenvalue weighted by atomic mass is 35.5. The first-order valence-corrected chi connectivity index (χ1v) is 3.78. The highest BCUT2D eigenvalue weighted by Crippen LogP contribution is 2.23. The summed E-state index contributed by atoms with van der Waals surface area (Å²) in [6, 6.07) is 0. The number of nitrogen functional groups attached to an aromatic ring is 2. The molecule has 0 spiro atoms. The van der Waals surface area contributed by atoms with Gasteiger partial charge in [-0.3, -0.25) is 0 Å². The van der Waals surface area contributed by atoms with Gasteiger partial charge in [0.05, 0.1) is 6.54 Å². The van der Waals surface area contributed by atoms with Crippen molar-refractivity contribution >= 4 is 29.1 Å². The van der Waals surface area contributed by atoms with Crippen molar-refractivity contribution in [2.24, 2.45) is 0 Å². The minimum absolute atomic E-state index is 0.0544. The maximum atomic E-state index is 5.65. The van der Waals surface area contributed by atoms with Crippen LogP contribution < -0.4 is 16.8 Å². The SMILES string of the molecule is C#CCNc1nc(N)nc(Cl)c1N. The van der Waals surface area contributed by atoms with Gasteiger partial charge in [-0.1, -0.05) is 17.5 Å². The van der Waals surface area contributed by atoms with Crippen LogP contribution in [0.2, 0.25) is 5.15 Å². The molecule has 0 saturated heterocycles. The van der Waals surface area contributed by atoms with Crippen molar-refractivity contribution in [2.45, 2.75) is 0 Å². The first-order chi connectivity index (χ1) is 6.15. The Hall–Kier alpha value is -1.67. The molecule has 0 aromatic carbocycles. The molecule has 0 unspecified atom stereocenters. The van der Waals surface area contributed by atoms with Crippen molar-refractivity contribution in [2.75, 3.05) is 23.3 Å². The molecule has 0 aliphatic carbocycles. The second-order valence-electron chi connectivity index (χ2n) is 2.19. The summed E-state index contributed by atoms with van der Waals surface area (Å²) >= 11 is 5.65. The molecule has 5 nitrogen and oxygen atoms in total. The fraction of sp³-hybridized carbons (Fsp3) is 0.143. The van der Waals surface area contributed by atoms with Gasteiger partial charge < -0.3 is 16.8 Å². The molecule has 0 fully saturated rings. The van der Waals surface area contributed by atoms with E-state index in [9.17, 15) is 0 Å². The smallest absolute Gasteiger partial charge is 0.223 e. The van der Waals surface area contributed by atoms with Crippen LogP contribution >= 0.6 is 11.6 Å². The van der Waals surface area contributed by atoms with Crippen LogP contribution in [-0.4, -0.2) is 16.5 Å². The maximum absolute atomic E-state index is 5.65. The minimum Gasteiger partial charge on any atom is -0.393 e. The number of hydrogen-bond donors (Lipinski definition) is 3. The Morgan fingerprint density at radius 2 is 2.15 bits per heavy atom. The Morgan fingerprint density at radius 3 is 2.77 bits per heavy atom. The third kappa shape index (κ3) is 2.13. The standard InChI is InChI=1S/C7H8ClN5/c1-2-3-11-6-4(9)5(8)12-7(10)13-6/h1H,3,9H2,(H3,10,11,12,13). The van der Waals surface area contributed by atoms with E-state index in [0.717, 1.165) is 0 Å². The van der Waals surface area contributed by atoms with Gasteiger partial charge in [-0.15, -0.1) is 6.42 Å². The second kappa shape index (κ2) is 3.83. The molecule has 1 heterocycles. The summed E-state index contributed by atoms with van der Waals surface area (Å²) in [5.41, 5.74) is 11.1. The highest BCUT2D eigenvalue weighted by Gasteiger charge is 2.06. The lowest BCUT2D eigenvalue weighted by molar-refractivity contribution is 1.17. The van der Waals surface area contributed by atoms with Crippen LogP contribution in [-0.2, 0) is 0 Å². The van der Waals surface area contributed by atoms with Gasteiger partial charge >= 0.3 is 0 Å². The molecule has 0 aliphatic rings. The average Bonchev–Trinajstić information content (AvgIpc) is 2.09. The lowest BCUT2D eigenvalue weighted by Gasteiger charge is -2.06. The van der Waals surface area contributed by atoms with Crippen LogP contribution in [0, 0.1) is 12.3 Å². The maximum Gasteiger partial charge on any atom is 0.223 e. The van der Waals surface area contributed by atoms with E-state index < -0.39 is 0 Å². The van der Waals surface area contributed by atoms with Gasteiger partial charge in [-0.2, -0.15) is 9.97 Å². The molecular formula is C7H8ClN5. The van der Waals surface area contributed by atoms with Crippen molar-refractivity contribution in [1.82, 2.24) is 9.97 Å². The van der Waals surface area contributed by atoms with Crippen LogP contribution in [0.15, 0.2) is 0 Å². The van der Waals surface area contributed by atoms with E-state index in [4.69, 9.17) is 29.5 Å². The number of rotatable bonds is 2. The van der Waals surface area contributed by atoms with Gasteiger partial charge in [0, 0.05) is 0 Å². The van der Waals surface area contributed by atoms with E-state index in [-0.39, 0.29) is 16.8 Å². The van der Waals surface area contributed by atoms with Gasteiger partial charge in [-0.25, -0.2) is 0 Å². The van der Waals surface area contributed by atoms with Crippen molar-refractivity contribution in [1.29, 1.82) is 0 Å². The lowest BCUT2D eigenvalue weighted by atomic mass is 10.4. The van der Waals surface area contributed by atoms with Gasteiger partial charge in [0.25, 0.3) is 0 Å². The quantitative estimate of drug-likeness (QED) is 0.470. The molecule has 0 saturated carbocycles. The molecule has 5 N–H and O–H groups in total. The summed E-state index contributed by atoms with van der Waals surface area (Å²) in [7, 11) is 0. The topological polar surface area (TPSA) is 89.8 Å². The summed E-state index contributed by atoms with van der Waals surface area (Å²) < 4.78 is 0. The number of anilines is 3. The zero-order chi connectivity index (χ0) is 9.84. The van der Waals surface area contributed by atoms with Gasteiger partial charge in [-0.05, 0) is 0 Å². The number of aromatic nitrogens is 2. The summed E-state index contributed by atoms with van der Waals surface area (Å²) in [5, 5.41) is 2.89. The summed E-state index contributed by atoms with van der Waals surface area (Å²) in [4.78, 5) is 7.48. The largest absolute Gasteiger partial charge is 0.393 e. The predicted molar refractivity (Wildman–Crippen MR) is 53.2 cm³/mol. The molecule has 13 heavy (non-hydrogen) atoms. The van der Waals surface area contributed by atoms with E-state index in [1.165, 1.54) is 0 Å². The monoisotopic (exact) mass is 197 g/mol. The average molecular weight is 198 g/mol. The van der Waals surface area contributed by atoms with Crippen LogP contribution in [0.4, 0.5) is 17.5 Å². The first-order valence-electron chi connectivity index (χ1n) is 3.41. The number of halogens is 1. The van der Waals surface area contributed by atoms with Crippen LogP contribution in [0.5, 0.6) is 0 Å². The van der Waals surface area contributed by atoms with E-state index in [2.05, 4.69) is 21.2 Å². The Balaban J connectivity index is 3.00. The molecule has 0 atom stereocenters. The second-order valence-corrected chi connectivity index (χ2v) is 2.55. The number of terminal acetylenes is 1. The third-order valence-corrected chi connectivity index (χ3v) is 1.56. The number of nitrogens with zero attached hydrogens (tertiary/aromatic N) is 2. The molecule has 1 rings (SSSR count). The number of nitrogens with two attached hydrogens (primary N) is 2. The molecular weight excluding hydrogens is 190 g/mol. The first kappa shape index (κ1) is 9.42. The lowest BCUT2D eigenvalue weighted by Crippen LogP contribution is -2.08. The summed E-state index contributed by atoms with van der Waals surface area (Å²) in [5.74, 6) is 2.78. The van der Waals surface area contributed by atoms with E-state index >= 15 is 0 Å². The van der Waals surface area contributed by atoms with E-state index in [1.54, 1.807) is 0 Å². The van der Waals surface area contributed by atoms with Crippen LogP contribution in [0.25, 0.3) is 0 Å². The Bertz CT molecular complexity index is 357. The van der Waals surface area contributed by atoms with Gasteiger partial charge in [0.15, 0.2) is 11.0 Å². The zero-order valence-electron chi connectivity index (χ0n) is 6.71. The molecule has 0 bridgehead atoms. The van der Waals surface area contributed by atoms with Crippen molar-refractivity contribution < 1.29 is 0 Å². The van der Waals surface area contributed by atoms with Crippen LogP contribution in [0.3, 0.4) is 0 Å². The van der Waals surface area contributed by atoms with E-state index in [0.29, 0.717) is 12.4 Å². The van der Waals surface area contributed by atoms with E-state index in [1.807, 2.05) is 0 Å². The molecule has 0 amide bonds. The Labute approximate surface area is 80.5 Å². The highest BCUT2D eigenvalue weighted by molar-refractivity contribution is 6.32. The molecule has 1 aromatic heterocycles. The molecule has 1 aromatic rings. The number of hydrogen-bond acceptors (Lipinski definition) is 5. The Kier molecular flexibility index (Phi) is 2.77. The normalized spacial score (nSPS) is 9.23. The third-order valence-electron chi connectivity index (χ3n) is 1.27. The predicted octanol–water partition coefficient (Wildman–Crippen LogP) is 0.339. The molecule has 0 aliphatic heterocycles. The summed E-state index contributed by atoms with van der Waals surface area (Å²) in [6.07, 6.45) is 5.04. The van der Waals surface area contributed by atoms with Crippen molar-refractivity contribution in [3.8, 4) is 12.3 Å². The molecule has 6 heteroatoms. The van der Waals surface area contributed by atoms with Gasteiger partial charge in [0.1, 0.15) is 5.69 Å². The Morgan fingerprint density at radius 1 is 1.46 bits per heavy atom. The van der Waals surface area contributed by atoms with Crippen molar-refractivity contribution in [3.05, 3.63) is 5.15 Å².